The highest BCUT2D eigenvalue weighted by Crippen LogP contribution is 2.24. The number of imidazole rings is 1. The van der Waals surface area contributed by atoms with Crippen molar-refractivity contribution < 1.29 is 14.3 Å². The van der Waals surface area contributed by atoms with Crippen LogP contribution in [-0.2, 0) is 6.54 Å². The molecule has 1 N–H and O–H groups in total. The number of aryl methyl sites for hydroxylation is 1. The molecule has 1 unspecified atom stereocenters. The summed E-state index contributed by atoms with van der Waals surface area (Å²) in [6, 6.07) is 7.93. The molecule has 7 heteroatoms. The van der Waals surface area contributed by atoms with Crippen molar-refractivity contribution in [3.63, 3.8) is 0 Å². The summed E-state index contributed by atoms with van der Waals surface area (Å²) in [5.74, 6) is 1.50. The maximum absolute atomic E-state index is 12.9. The van der Waals surface area contributed by atoms with Crippen LogP contribution in [0.2, 0.25) is 0 Å². The van der Waals surface area contributed by atoms with E-state index in [9.17, 15) is 4.79 Å². The highest BCUT2D eigenvalue weighted by Gasteiger charge is 2.25. The van der Waals surface area contributed by atoms with E-state index in [0.717, 1.165) is 48.7 Å². The van der Waals surface area contributed by atoms with Crippen molar-refractivity contribution >= 4 is 11.6 Å². The third kappa shape index (κ3) is 4.19. The fourth-order valence-electron chi connectivity index (χ4n) is 3.91. The second kappa shape index (κ2) is 8.13. The van der Waals surface area contributed by atoms with Crippen LogP contribution in [0, 0.1) is 6.92 Å². The van der Waals surface area contributed by atoms with Gasteiger partial charge < -0.3 is 19.2 Å². The monoisotopic (exact) mass is 394 g/mol. The number of nitrogens with one attached hydrogen (secondary N) is 1. The molecular weight excluding hydrogens is 368 g/mol. The average Bonchev–Trinajstić information content (AvgIpc) is 3.36. The molecule has 29 heavy (non-hydrogen) atoms. The molecule has 3 heterocycles. The molecule has 1 aliphatic heterocycles. The molecule has 0 aliphatic carbocycles. The van der Waals surface area contributed by atoms with Gasteiger partial charge >= 0.3 is 0 Å². The second-order valence-corrected chi connectivity index (χ2v) is 7.50. The summed E-state index contributed by atoms with van der Waals surface area (Å²) in [5.41, 5.74) is 3.46. The Kier molecular flexibility index (Phi) is 5.40. The summed E-state index contributed by atoms with van der Waals surface area (Å²) < 4.78 is 12.6. The largest absolute Gasteiger partial charge is 0.497 e. The SMILES string of the molecule is COc1cc(CN2CCC(NC(=O)c3cc(C)cn4ccnc34)C2)cc(OC)c1. The number of ether oxygens (including phenoxy) is 2. The maximum Gasteiger partial charge on any atom is 0.255 e. The van der Waals surface area contributed by atoms with Crippen LogP contribution in [0.1, 0.15) is 27.9 Å². The molecule has 3 aromatic rings. The fraction of sp³-hybridized carbons (Fsp3) is 0.364. The van der Waals surface area contributed by atoms with Gasteiger partial charge in [0.05, 0.1) is 19.8 Å². The summed E-state index contributed by atoms with van der Waals surface area (Å²) >= 11 is 0. The van der Waals surface area contributed by atoms with E-state index in [2.05, 4.69) is 15.2 Å². The first-order valence-electron chi connectivity index (χ1n) is 9.74. The van der Waals surface area contributed by atoms with Crippen molar-refractivity contribution in [2.24, 2.45) is 0 Å². The number of amides is 1. The van der Waals surface area contributed by atoms with Crippen molar-refractivity contribution in [1.29, 1.82) is 0 Å². The van der Waals surface area contributed by atoms with Crippen molar-refractivity contribution in [2.45, 2.75) is 25.9 Å². The molecule has 0 bridgehead atoms. The van der Waals surface area contributed by atoms with E-state index in [-0.39, 0.29) is 11.9 Å². The minimum Gasteiger partial charge on any atom is -0.497 e. The molecule has 1 fully saturated rings. The van der Waals surface area contributed by atoms with Crippen LogP contribution in [0.3, 0.4) is 0 Å². The van der Waals surface area contributed by atoms with Gasteiger partial charge in [0.25, 0.3) is 5.91 Å². The van der Waals surface area contributed by atoms with Crippen LogP contribution in [0.15, 0.2) is 42.9 Å². The number of likely N-dealkylation sites (tertiary alicyclic amines) is 1. The van der Waals surface area contributed by atoms with Gasteiger partial charge in [-0.2, -0.15) is 0 Å². The van der Waals surface area contributed by atoms with Crippen molar-refractivity contribution in [1.82, 2.24) is 19.6 Å². The van der Waals surface area contributed by atoms with Crippen molar-refractivity contribution in [3.05, 3.63) is 59.5 Å². The van der Waals surface area contributed by atoms with E-state index in [0.29, 0.717) is 11.2 Å². The van der Waals surface area contributed by atoms with Gasteiger partial charge in [-0.3, -0.25) is 9.69 Å². The lowest BCUT2D eigenvalue weighted by Crippen LogP contribution is -2.37. The zero-order valence-electron chi connectivity index (χ0n) is 17.0. The Bertz CT molecular complexity index is 1010. The number of pyridine rings is 1. The predicted molar refractivity (Wildman–Crippen MR) is 111 cm³/mol. The van der Waals surface area contributed by atoms with Crippen molar-refractivity contribution in [2.75, 3.05) is 27.3 Å². The Hall–Kier alpha value is -3.06. The molecular formula is C22H26N4O3. The van der Waals surface area contributed by atoms with E-state index >= 15 is 0 Å². The zero-order chi connectivity index (χ0) is 20.4. The first kappa shape index (κ1) is 19.3. The molecule has 1 saturated heterocycles. The number of hydrogen-bond acceptors (Lipinski definition) is 5. The highest BCUT2D eigenvalue weighted by molar-refractivity contribution is 6.00. The average molecular weight is 394 g/mol. The van der Waals surface area contributed by atoms with E-state index in [1.807, 2.05) is 48.0 Å². The number of carbonyl (C=O) groups excluding carboxylic acids is 1. The van der Waals surface area contributed by atoms with Gasteiger partial charge in [0.1, 0.15) is 17.1 Å². The molecule has 152 valence electrons. The van der Waals surface area contributed by atoms with Gasteiger partial charge in [0.2, 0.25) is 0 Å². The Balaban J connectivity index is 1.41. The Morgan fingerprint density at radius 1 is 1.21 bits per heavy atom. The molecule has 1 amide bonds. The molecule has 1 aromatic carbocycles. The Morgan fingerprint density at radius 3 is 2.69 bits per heavy atom. The summed E-state index contributed by atoms with van der Waals surface area (Å²) in [5, 5.41) is 3.18. The summed E-state index contributed by atoms with van der Waals surface area (Å²) in [6.45, 7) is 4.50. The quantitative estimate of drug-likeness (QED) is 0.696. The third-order valence-corrected chi connectivity index (χ3v) is 5.29. The molecule has 7 nitrogen and oxygen atoms in total. The van der Waals surface area contributed by atoms with Crippen LogP contribution in [0.5, 0.6) is 11.5 Å². The molecule has 0 spiro atoms. The smallest absolute Gasteiger partial charge is 0.255 e. The van der Waals surface area contributed by atoms with E-state index < -0.39 is 0 Å². The number of fused-ring (bicyclic) bond motifs is 1. The second-order valence-electron chi connectivity index (χ2n) is 7.50. The fourth-order valence-corrected chi connectivity index (χ4v) is 3.91. The number of carbonyl (C=O) groups is 1. The van der Waals surface area contributed by atoms with E-state index in [4.69, 9.17) is 9.47 Å². The number of hydrogen-bond donors (Lipinski definition) is 1. The standard InChI is InChI=1S/C22H26N4O3/c1-15-8-20(21-23-5-7-26(21)12-15)22(27)24-17-4-6-25(14-17)13-16-9-18(28-2)11-19(10-16)29-3/h5,7-12,17H,4,6,13-14H2,1-3H3,(H,24,27). The van der Waals surface area contributed by atoms with Gasteiger partial charge in [-0.15, -0.1) is 0 Å². The molecule has 0 saturated carbocycles. The topological polar surface area (TPSA) is 68.1 Å². The van der Waals surface area contributed by atoms with E-state index in [1.54, 1.807) is 20.4 Å². The van der Waals surface area contributed by atoms with Crippen LogP contribution in [-0.4, -0.2) is 53.5 Å². The van der Waals surface area contributed by atoms with Gasteiger partial charge in [-0.25, -0.2) is 4.98 Å². The van der Waals surface area contributed by atoms with Crippen LogP contribution < -0.4 is 14.8 Å². The summed E-state index contributed by atoms with van der Waals surface area (Å²) in [6.07, 6.45) is 6.46. The van der Waals surface area contributed by atoms with Crippen molar-refractivity contribution in [3.8, 4) is 11.5 Å². The number of benzene rings is 1. The van der Waals surface area contributed by atoms with Crippen LogP contribution in [0.25, 0.3) is 5.65 Å². The lowest BCUT2D eigenvalue weighted by atomic mass is 10.1. The zero-order valence-corrected chi connectivity index (χ0v) is 17.0. The molecule has 0 radical (unpaired) electrons. The number of methoxy groups -OCH3 is 2. The van der Waals surface area contributed by atoms with Gasteiger partial charge in [-0.05, 0) is 42.7 Å². The molecule has 1 atom stereocenters. The molecule has 4 rings (SSSR count). The Labute approximate surface area is 170 Å². The van der Waals surface area contributed by atoms with Gasteiger partial charge in [-0.1, -0.05) is 0 Å². The summed E-state index contributed by atoms with van der Waals surface area (Å²) in [4.78, 5) is 19.5. The third-order valence-electron chi connectivity index (χ3n) is 5.29. The normalized spacial score (nSPS) is 16.9. The van der Waals surface area contributed by atoms with Crippen LogP contribution in [0.4, 0.5) is 0 Å². The minimum absolute atomic E-state index is 0.0696. The lowest BCUT2D eigenvalue weighted by Gasteiger charge is -2.18. The first-order chi connectivity index (χ1) is 14.1. The minimum atomic E-state index is -0.0696. The molecule has 1 aliphatic rings. The predicted octanol–water partition coefficient (Wildman–Crippen LogP) is 2.66. The number of nitrogens with zero attached hydrogens (tertiary/aromatic N) is 3. The Morgan fingerprint density at radius 2 is 1.97 bits per heavy atom. The van der Waals surface area contributed by atoms with Gasteiger partial charge in [0, 0.05) is 50.3 Å². The number of rotatable bonds is 6. The lowest BCUT2D eigenvalue weighted by molar-refractivity contribution is 0.0938. The highest BCUT2D eigenvalue weighted by atomic mass is 16.5. The van der Waals surface area contributed by atoms with Crippen LogP contribution >= 0.6 is 0 Å². The van der Waals surface area contributed by atoms with E-state index in [1.165, 1.54) is 0 Å². The first-order valence-corrected chi connectivity index (χ1v) is 9.74. The molecule has 2 aromatic heterocycles. The number of aromatic nitrogens is 2. The van der Waals surface area contributed by atoms with Gasteiger partial charge in [0.15, 0.2) is 0 Å². The summed E-state index contributed by atoms with van der Waals surface area (Å²) in [7, 11) is 3.31. The maximum atomic E-state index is 12.9.